The third-order valence-corrected chi connectivity index (χ3v) is 5.12. The standard InChI is InChI=1S/C24H29N3O2/c1-16-7-8-19(17(2)13-16)14-22(28)27(6)15-21-25-23(26-29-21)18-9-11-20(12-10-18)24(3,4)5/h7-13H,14-15H2,1-6H3. The van der Waals surface area contributed by atoms with Crippen LogP contribution in [0.3, 0.4) is 0 Å². The highest BCUT2D eigenvalue weighted by molar-refractivity contribution is 5.78. The summed E-state index contributed by atoms with van der Waals surface area (Å²) in [7, 11) is 1.76. The fourth-order valence-electron chi connectivity index (χ4n) is 3.19. The maximum atomic E-state index is 12.6. The molecule has 0 atom stereocenters. The summed E-state index contributed by atoms with van der Waals surface area (Å²) in [4.78, 5) is 18.7. The number of aromatic nitrogens is 2. The van der Waals surface area contributed by atoms with Crippen LogP contribution in [0.15, 0.2) is 47.0 Å². The molecule has 152 valence electrons. The van der Waals surface area contributed by atoms with Gasteiger partial charge in [-0.2, -0.15) is 4.98 Å². The van der Waals surface area contributed by atoms with Crippen molar-refractivity contribution in [3.05, 3.63) is 70.6 Å². The van der Waals surface area contributed by atoms with Gasteiger partial charge in [-0.05, 0) is 36.0 Å². The van der Waals surface area contributed by atoms with Crippen molar-refractivity contribution in [2.45, 2.75) is 53.0 Å². The summed E-state index contributed by atoms with van der Waals surface area (Å²) in [6.07, 6.45) is 0.359. The molecule has 0 saturated carbocycles. The van der Waals surface area contributed by atoms with Gasteiger partial charge in [0.05, 0.1) is 13.0 Å². The minimum absolute atomic E-state index is 0.0197. The molecule has 5 heteroatoms. The highest BCUT2D eigenvalue weighted by atomic mass is 16.5. The molecule has 0 N–H and O–H groups in total. The van der Waals surface area contributed by atoms with Gasteiger partial charge >= 0.3 is 0 Å². The van der Waals surface area contributed by atoms with Crippen molar-refractivity contribution in [1.82, 2.24) is 15.0 Å². The fraction of sp³-hybridized carbons (Fsp3) is 0.375. The van der Waals surface area contributed by atoms with E-state index in [2.05, 4.69) is 56.0 Å². The highest BCUT2D eigenvalue weighted by Gasteiger charge is 2.17. The normalized spacial score (nSPS) is 11.5. The molecule has 0 saturated heterocycles. The van der Waals surface area contributed by atoms with E-state index in [1.54, 1.807) is 11.9 Å². The Bertz CT molecular complexity index is 998. The van der Waals surface area contributed by atoms with Crippen LogP contribution in [0.4, 0.5) is 0 Å². The van der Waals surface area contributed by atoms with Gasteiger partial charge in [-0.25, -0.2) is 0 Å². The van der Waals surface area contributed by atoms with E-state index >= 15 is 0 Å². The molecule has 0 bridgehead atoms. The van der Waals surface area contributed by atoms with Crippen LogP contribution in [-0.2, 0) is 23.2 Å². The highest BCUT2D eigenvalue weighted by Crippen LogP contribution is 2.25. The molecule has 3 rings (SSSR count). The van der Waals surface area contributed by atoms with Crippen molar-refractivity contribution in [1.29, 1.82) is 0 Å². The third kappa shape index (κ3) is 5.11. The first-order valence-corrected chi connectivity index (χ1v) is 9.87. The van der Waals surface area contributed by atoms with Gasteiger partial charge in [0.2, 0.25) is 17.6 Å². The van der Waals surface area contributed by atoms with E-state index in [1.807, 2.05) is 31.2 Å². The predicted molar refractivity (Wildman–Crippen MR) is 115 cm³/mol. The molecule has 0 spiro atoms. The first-order valence-electron chi connectivity index (χ1n) is 9.87. The van der Waals surface area contributed by atoms with E-state index in [1.165, 1.54) is 11.1 Å². The quantitative estimate of drug-likeness (QED) is 0.624. The van der Waals surface area contributed by atoms with Gasteiger partial charge in [0.25, 0.3) is 0 Å². The summed E-state index contributed by atoms with van der Waals surface area (Å²) < 4.78 is 5.37. The van der Waals surface area contributed by atoms with Crippen LogP contribution in [0.1, 0.15) is 48.9 Å². The number of hydrogen-bond donors (Lipinski definition) is 0. The number of likely N-dealkylation sites (N-methyl/N-ethyl adjacent to an activating group) is 1. The number of benzene rings is 2. The van der Waals surface area contributed by atoms with E-state index in [0.717, 1.165) is 16.7 Å². The topological polar surface area (TPSA) is 59.2 Å². The summed E-state index contributed by atoms with van der Waals surface area (Å²) in [6, 6.07) is 14.3. The van der Waals surface area contributed by atoms with E-state index in [0.29, 0.717) is 18.1 Å². The Labute approximate surface area is 172 Å². The van der Waals surface area contributed by atoms with Crippen molar-refractivity contribution in [2.24, 2.45) is 0 Å². The predicted octanol–water partition coefficient (Wildman–Crippen LogP) is 4.85. The molecule has 3 aromatic rings. The van der Waals surface area contributed by atoms with Crippen LogP contribution < -0.4 is 0 Å². The van der Waals surface area contributed by atoms with Crippen LogP contribution in [0.2, 0.25) is 0 Å². The second kappa shape index (κ2) is 8.19. The van der Waals surface area contributed by atoms with Crippen molar-refractivity contribution >= 4 is 5.91 Å². The summed E-state index contributed by atoms with van der Waals surface area (Å²) in [5, 5.41) is 4.07. The summed E-state index contributed by atoms with van der Waals surface area (Å²) >= 11 is 0. The molecule has 1 heterocycles. The Morgan fingerprint density at radius 3 is 2.38 bits per heavy atom. The van der Waals surface area contributed by atoms with Gasteiger partial charge in [0.1, 0.15) is 0 Å². The lowest BCUT2D eigenvalue weighted by molar-refractivity contribution is -0.130. The zero-order valence-corrected chi connectivity index (χ0v) is 18.1. The van der Waals surface area contributed by atoms with Gasteiger partial charge in [-0.3, -0.25) is 4.79 Å². The number of amides is 1. The molecule has 0 aliphatic heterocycles. The first kappa shape index (κ1) is 20.8. The summed E-state index contributed by atoms with van der Waals surface area (Å²) in [6.45, 7) is 10.9. The monoisotopic (exact) mass is 391 g/mol. The molecule has 5 nitrogen and oxygen atoms in total. The number of rotatable bonds is 5. The van der Waals surface area contributed by atoms with Gasteiger partial charge in [0.15, 0.2) is 0 Å². The van der Waals surface area contributed by atoms with Gasteiger partial charge in [-0.1, -0.05) is 74.0 Å². The zero-order chi connectivity index (χ0) is 21.2. The van der Waals surface area contributed by atoms with E-state index in [4.69, 9.17) is 4.52 Å². The van der Waals surface area contributed by atoms with E-state index in [-0.39, 0.29) is 17.9 Å². The molecule has 0 unspecified atom stereocenters. The molecule has 0 fully saturated rings. The number of carbonyl (C=O) groups is 1. The smallest absolute Gasteiger partial charge is 0.246 e. The average Bonchev–Trinajstić information content (AvgIpc) is 3.12. The molecular formula is C24H29N3O2. The number of hydrogen-bond acceptors (Lipinski definition) is 4. The Hall–Kier alpha value is -2.95. The first-order chi connectivity index (χ1) is 13.6. The molecule has 1 amide bonds. The third-order valence-electron chi connectivity index (χ3n) is 5.12. The SMILES string of the molecule is Cc1ccc(CC(=O)N(C)Cc2nc(-c3ccc(C(C)(C)C)cc3)no2)c(C)c1. The second-order valence-corrected chi connectivity index (χ2v) is 8.70. The van der Waals surface area contributed by atoms with Gasteiger partial charge < -0.3 is 9.42 Å². The summed E-state index contributed by atoms with van der Waals surface area (Å²) in [5.74, 6) is 0.985. The minimum atomic E-state index is 0.0197. The Morgan fingerprint density at radius 1 is 1.07 bits per heavy atom. The van der Waals surface area contributed by atoms with Gasteiger partial charge in [-0.15, -0.1) is 0 Å². The van der Waals surface area contributed by atoms with E-state index < -0.39 is 0 Å². The zero-order valence-electron chi connectivity index (χ0n) is 18.1. The Morgan fingerprint density at radius 2 is 1.76 bits per heavy atom. The van der Waals surface area contributed by atoms with Crippen LogP contribution in [0.25, 0.3) is 11.4 Å². The molecular weight excluding hydrogens is 362 g/mol. The lowest BCUT2D eigenvalue weighted by atomic mass is 9.87. The van der Waals surface area contributed by atoms with Crippen molar-refractivity contribution in [3.8, 4) is 11.4 Å². The van der Waals surface area contributed by atoms with Crippen LogP contribution in [0.5, 0.6) is 0 Å². The fourth-order valence-corrected chi connectivity index (χ4v) is 3.19. The number of nitrogens with zero attached hydrogens (tertiary/aromatic N) is 3. The Kier molecular flexibility index (Phi) is 5.87. The van der Waals surface area contributed by atoms with Crippen molar-refractivity contribution in [3.63, 3.8) is 0 Å². The van der Waals surface area contributed by atoms with Crippen LogP contribution >= 0.6 is 0 Å². The molecule has 1 aromatic heterocycles. The number of aryl methyl sites for hydroxylation is 2. The molecule has 0 radical (unpaired) electrons. The lowest BCUT2D eigenvalue weighted by Gasteiger charge is -2.18. The lowest BCUT2D eigenvalue weighted by Crippen LogP contribution is -2.28. The second-order valence-electron chi connectivity index (χ2n) is 8.70. The summed E-state index contributed by atoms with van der Waals surface area (Å²) in [5.41, 5.74) is 5.61. The van der Waals surface area contributed by atoms with Crippen LogP contribution in [0, 0.1) is 13.8 Å². The minimum Gasteiger partial charge on any atom is -0.337 e. The maximum Gasteiger partial charge on any atom is 0.246 e. The van der Waals surface area contributed by atoms with Crippen LogP contribution in [-0.4, -0.2) is 28.0 Å². The van der Waals surface area contributed by atoms with Crippen molar-refractivity contribution in [2.75, 3.05) is 7.05 Å². The van der Waals surface area contributed by atoms with Gasteiger partial charge in [0, 0.05) is 12.6 Å². The molecule has 29 heavy (non-hydrogen) atoms. The van der Waals surface area contributed by atoms with Crippen molar-refractivity contribution < 1.29 is 9.32 Å². The molecule has 0 aliphatic rings. The Balaban J connectivity index is 1.65. The average molecular weight is 392 g/mol. The molecule has 2 aromatic carbocycles. The molecule has 0 aliphatic carbocycles. The largest absolute Gasteiger partial charge is 0.337 e. The maximum absolute atomic E-state index is 12.6. The number of carbonyl (C=O) groups excluding carboxylic acids is 1. The van der Waals surface area contributed by atoms with E-state index in [9.17, 15) is 4.79 Å².